The molecule has 2 aromatic rings. The Morgan fingerprint density at radius 3 is 2.43 bits per heavy atom. The number of hydrogen-bond acceptors (Lipinski definition) is 8. The number of rotatable bonds is 17. The number of unbranched alkanes of at least 4 members (excludes halogenated alkanes) is 2. The van der Waals surface area contributed by atoms with Crippen molar-refractivity contribution in [2.75, 3.05) is 67.8 Å². The second-order valence-electron chi connectivity index (χ2n) is 12.0. The Hall–Kier alpha value is -3.50. The number of nitrogens with zero attached hydrogens (tertiary/aromatic N) is 3. The normalized spacial score (nSPS) is 19.4. The molecule has 44 heavy (non-hydrogen) atoms. The summed E-state index contributed by atoms with van der Waals surface area (Å²) in [5.41, 5.74) is 1.83. The maximum atomic E-state index is 13.9. The van der Waals surface area contributed by atoms with Crippen LogP contribution in [0.1, 0.15) is 56.1 Å². The number of carbonyl (C=O) groups excluding carboxylic acids is 1. The number of methoxy groups -OCH3 is 2. The van der Waals surface area contributed by atoms with Crippen molar-refractivity contribution >= 4 is 11.9 Å². The van der Waals surface area contributed by atoms with E-state index in [0.29, 0.717) is 49.7 Å². The van der Waals surface area contributed by atoms with Gasteiger partial charge >= 0.3 is 5.97 Å². The number of hydrogen-bond donors (Lipinski definition) is 1. The molecule has 0 radical (unpaired) electrons. The van der Waals surface area contributed by atoms with Crippen LogP contribution in [-0.4, -0.2) is 106 Å². The Labute approximate surface area is 261 Å². The van der Waals surface area contributed by atoms with E-state index in [9.17, 15) is 14.7 Å². The number of carboxylic acids is 1. The molecule has 2 aliphatic rings. The highest BCUT2D eigenvalue weighted by Crippen LogP contribution is 2.47. The molecule has 0 saturated carbocycles. The predicted octanol–water partition coefficient (Wildman–Crippen LogP) is 4.50. The molecule has 2 heterocycles. The van der Waals surface area contributed by atoms with Crippen molar-refractivity contribution in [3.05, 3.63) is 47.5 Å². The highest BCUT2D eigenvalue weighted by atomic mass is 16.7. The van der Waals surface area contributed by atoms with Gasteiger partial charge in [-0.05, 0) is 82.1 Å². The molecular formula is C34H49N3O7. The SMILES string of the molecule is CCCCN(CCCCN(C)C)C(=O)CN1C[C@H](c2cc(OC)c3c(c2)OCO3)[C@H](C(=O)O)[C@H]1CCc1ccccc1OC. The van der Waals surface area contributed by atoms with E-state index in [-0.39, 0.29) is 31.2 Å². The predicted molar refractivity (Wildman–Crippen MR) is 169 cm³/mol. The van der Waals surface area contributed by atoms with Crippen LogP contribution in [0, 0.1) is 5.92 Å². The molecule has 2 aliphatic heterocycles. The molecule has 242 valence electrons. The van der Waals surface area contributed by atoms with Crippen molar-refractivity contribution in [1.29, 1.82) is 0 Å². The Kier molecular flexibility index (Phi) is 12.1. The highest BCUT2D eigenvalue weighted by Gasteiger charge is 2.47. The van der Waals surface area contributed by atoms with Crippen LogP contribution in [0.3, 0.4) is 0 Å². The molecule has 3 atom stereocenters. The van der Waals surface area contributed by atoms with Crippen LogP contribution in [0.25, 0.3) is 0 Å². The Morgan fingerprint density at radius 1 is 1.00 bits per heavy atom. The standard InChI is InChI=1S/C34H49N3O7/c1-6-7-17-36(18-11-10-16-35(2)3)31(38)22-37-21-26(25-19-29(42-5)33-30(20-25)43-23-44-33)32(34(39)40)27(37)15-14-24-12-8-9-13-28(24)41-4/h8-9,12-13,19-20,26-27,32H,6-7,10-11,14-18,21-23H2,1-5H3,(H,39,40)/t26-,27-,32+/m1/s1. The largest absolute Gasteiger partial charge is 0.496 e. The summed E-state index contributed by atoms with van der Waals surface area (Å²) in [5.74, 6) is 0.455. The van der Waals surface area contributed by atoms with Crippen LogP contribution in [0.4, 0.5) is 0 Å². The molecule has 0 unspecified atom stereocenters. The molecule has 10 nitrogen and oxygen atoms in total. The molecule has 4 rings (SSSR count). The van der Waals surface area contributed by atoms with Gasteiger partial charge in [0.2, 0.25) is 18.4 Å². The maximum Gasteiger partial charge on any atom is 0.308 e. The fourth-order valence-corrected chi connectivity index (χ4v) is 6.48. The van der Waals surface area contributed by atoms with Crippen molar-refractivity contribution in [2.24, 2.45) is 5.92 Å². The van der Waals surface area contributed by atoms with Gasteiger partial charge in [0.25, 0.3) is 0 Å². The van der Waals surface area contributed by atoms with Crippen LogP contribution in [-0.2, 0) is 16.0 Å². The van der Waals surface area contributed by atoms with Gasteiger partial charge in [-0.25, -0.2) is 0 Å². The Morgan fingerprint density at radius 2 is 1.73 bits per heavy atom. The smallest absolute Gasteiger partial charge is 0.308 e. The zero-order chi connectivity index (χ0) is 31.6. The third-order valence-corrected chi connectivity index (χ3v) is 8.80. The first kappa shape index (κ1) is 33.4. The van der Waals surface area contributed by atoms with Crippen molar-refractivity contribution in [1.82, 2.24) is 14.7 Å². The molecule has 0 aliphatic carbocycles. The number of para-hydroxylation sites is 1. The molecule has 1 amide bonds. The number of carbonyl (C=O) groups is 2. The number of ether oxygens (including phenoxy) is 4. The average molecular weight is 612 g/mol. The van der Waals surface area contributed by atoms with Crippen molar-refractivity contribution in [3.63, 3.8) is 0 Å². The molecule has 0 spiro atoms. The van der Waals surface area contributed by atoms with Gasteiger partial charge in [0.15, 0.2) is 11.5 Å². The first-order valence-corrected chi connectivity index (χ1v) is 15.8. The van der Waals surface area contributed by atoms with Crippen molar-refractivity contribution < 1.29 is 33.6 Å². The molecule has 0 aromatic heterocycles. The van der Waals surface area contributed by atoms with Crippen LogP contribution in [0.2, 0.25) is 0 Å². The van der Waals surface area contributed by atoms with E-state index in [2.05, 4.69) is 30.8 Å². The monoisotopic (exact) mass is 611 g/mol. The van der Waals surface area contributed by atoms with E-state index in [1.807, 2.05) is 41.3 Å². The fourth-order valence-electron chi connectivity index (χ4n) is 6.48. The molecule has 1 fully saturated rings. The zero-order valence-corrected chi connectivity index (χ0v) is 26.9. The lowest BCUT2D eigenvalue weighted by Crippen LogP contribution is -2.45. The lowest BCUT2D eigenvalue weighted by atomic mass is 9.83. The molecule has 1 N–H and O–H groups in total. The van der Waals surface area contributed by atoms with Gasteiger partial charge in [0, 0.05) is 31.6 Å². The van der Waals surface area contributed by atoms with Gasteiger partial charge in [-0.3, -0.25) is 14.5 Å². The molecule has 1 saturated heterocycles. The summed E-state index contributed by atoms with van der Waals surface area (Å²) in [6, 6.07) is 11.2. The van der Waals surface area contributed by atoms with Gasteiger partial charge < -0.3 is 33.9 Å². The van der Waals surface area contributed by atoms with E-state index in [4.69, 9.17) is 18.9 Å². The number of aliphatic carboxylic acids is 1. The maximum absolute atomic E-state index is 13.9. The second-order valence-corrected chi connectivity index (χ2v) is 12.0. The summed E-state index contributed by atoms with van der Waals surface area (Å²) < 4.78 is 22.4. The van der Waals surface area contributed by atoms with Crippen LogP contribution in [0.15, 0.2) is 36.4 Å². The average Bonchev–Trinajstić information content (AvgIpc) is 3.63. The summed E-state index contributed by atoms with van der Waals surface area (Å²) >= 11 is 0. The number of benzene rings is 2. The summed E-state index contributed by atoms with van der Waals surface area (Å²) in [6.45, 7) is 5.23. The summed E-state index contributed by atoms with van der Waals surface area (Å²) in [4.78, 5) is 33.1. The Bertz CT molecular complexity index is 1250. The third kappa shape index (κ3) is 8.15. The first-order chi connectivity index (χ1) is 21.3. The van der Waals surface area contributed by atoms with Crippen LogP contribution < -0.4 is 18.9 Å². The summed E-state index contributed by atoms with van der Waals surface area (Å²) in [6.07, 6.45) is 5.09. The minimum absolute atomic E-state index is 0.0543. The van der Waals surface area contributed by atoms with Gasteiger partial charge in [0.05, 0.1) is 26.7 Å². The van der Waals surface area contributed by atoms with E-state index in [0.717, 1.165) is 49.1 Å². The third-order valence-electron chi connectivity index (χ3n) is 8.80. The quantitative estimate of drug-likeness (QED) is 0.259. The van der Waals surface area contributed by atoms with E-state index >= 15 is 0 Å². The molecule has 10 heteroatoms. The molecule has 0 bridgehead atoms. The minimum Gasteiger partial charge on any atom is -0.496 e. The summed E-state index contributed by atoms with van der Waals surface area (Å²) in [5, 5.41) is 10.7. The second kappa shape index (κ2) is 16.0. The van der Waals surface area contributed by atoms with E-state index in [1.54, 1.807) is 14.2 Å². The van der Waals surface area contributed by atoms with E-state index in [1.165, 1.54) is 0 Å². The number of likely N-dealkylation sites (tertiary alicyclic amines) is 1. The van der Waals surface area contributed by atoms with Gasteiger partial charge in [-0.2, -0.15) is 0 Å². The van der Waals surface area contributed by atoms with Gasteiger partial charge in [-0.15, -0.1) is 0 Å². The first-order valence-electron chi connectivity index (χ1n) is 15.8. The van der Waals surface area contributed by atoms with E-state index < -0.39 is 11.9 Å². The van der Waals surface area contributed by atoms with Crippen LogP contribution >= 0.6 is 0 Å². The number of amides is 1. The summed E-state index contributed by atoms with van der Waals surface area (Å²) in [7, 11) is 7.33. The number of aryl methyl sites for hydroxylation is 1. The minimum atomic E-state index is -0.877. The Balaban J connectivity index is 1.62. The number of carboxylic acid groups (broad SMARTS) is 1. The topological polar surface area (TPSA) is 101 Å². The fraction of sp³-hybridized carbons (Fsp3) is 0.588. The van der Waals surface area contributed by atoms with Crippen LogP contribution in [0.5, 0.6) is 23.0 Å². The zero-order valence-electron chi connectivity index (χ0n) is 26.9. The van der Waals surface area contributed by atoms with Gasteiger partial charge in [-0.1, -0.05) is 31.5 Å². The molecule has 2 aromatic carbocycles. The molecular weight excluding hydrogens is 562 g/mol. The van der Waals surface area contributed by atoms with Crippen molar-refractivity contribution in [2.45, 2.75) is 57.4 Å². The highest BCUT2D eigenvalue weighted by molar-refractivity contribution is 5.79. The van der Waals surface area contributed by atoms with Crippen molar-refractivity contribution in [3.8, 4) is 23.0 Å². The number of fused-ring (bicyclic) bond motifs is 1. The van der Waals surface area contributed by atoms with Gasteiger partial charge in [0.1, 0.15) is 5.75 Å². The lowest BCUT2D eigenvalue weighted by molar-refractivity contribution is -0.143. The lowest BCUT2D eigenvalue weighted by Gasteiger charge is -2.30.